The van der Waals surface area contributed by atoms with Gasteiger partial charge in [-0.05, 0) is 42.7 Å². The Morgan fingerprint density at radius 2 is 1.66 bits per heavy atom. The topological polar surface area (TPSA) is 75.7 Å². The van der Waals surface area contributed by atoms with Crippen molar-refractivity contribution in [3.8, 4) is 5.75 Å². The summed E-state index contributed by atoms with van der Waals surface area (Å²) >= 11 is 0. The smallest absolute Gasteiger partial charge is 0.243 e. The molecule has 0 spiro atoms. The number of anilines is 1. The Labute approximate surface area is 173 Å². The molecule has 0 aromatic heterocycles. The summed E-state index contributed by atoms with van der Waals surface area (Å²) in [5.41, 5.74) is 1.57. The number of ether oxygens (including phenoxy) is 1. The second kappa shape index (κ2) is 11.0. The van der Waals surface area contributed by atoms with E-state index in [-0.39, 0.29) is 10.8 Å². The third kappa shape index (κ3) is 6.30. The van der Waals surface area contributed by atoms with Crippen molar-refractivity contribution < 1.29 is 17.9 Å². The molecule has 2 rings (SSSR count). The number of aryl methyl sites for hydroxylation is 1. The molecule has 0 saturated heterocycles. The Kier molecular flexibility index (Phi) is 8.67. The van der Waals surface area contributed by atoms with Crippen molar-refractivity contribution in [1.29, 1.82) is 0 Å². The van der Waals surface area contributed by atoms with Crippen LogP contribution >= 0.6 is 0 Å². The summed E-state index contributed by atoms with van der Waals surface area (Å²) in [5.74, 6) is 0.547. The highest BCUT2D eigenvalue weighted by atomic mass is 32.2. The molecule has 0 heterocycles. The van der Waals surface area contributed by atoms with Gasteiger partial charge in [0.15, 0.2) is 0 Å². The lowest BCUT2D eigenvalue weighted by molar-refractivity contribution is -0.116. The minimum Gasteiger partial charge on any atom is -0.491 e. The lowest BCUT2D eigenvalue weighted by atomic mass is 10.1. The number of amides is 1. The summed E-state index contributed by atoms with van der Waals surface area (Å²) in [6.45, 7) is 7.13. The molecule has 0 atom stereocenters. The van der Waals surface area contributed by atoms with Crippen molar-refractivity contribution in [1.82, 2.24) is 4.31 Å². The predicted molar refractivity (Wildman–Crippen MR) is 116 cm³/mol. The first-order chi connectivity index (χ1) is 13.9. The number of para-hydroxylation sites is 2. The molecule has 6 nitrogen and oxygen atoms in total. The highest BCUT2D eigenvalue weighted by molar-refractivity contribution is 7.89. The standard InChI is InChI=1S/C22H30N2O4S/c1-4-17-28-21-10-8-7-9-20(21)23-22(25)16-13-18-11-14-19(15-12-18)29(26,27)24(5-2)6-3/h7-12,14-15H,4-6,13,16-17H2,1-3H3,(H,23,25). The SMILES string of the molecule is CCCOc1ccccc1NC(=O)CCc1ccc(S(=O)(=O)N(CC)CC)cc1. The first kappa shape index (κ1) is 22.9. The van der Waals surface area contributed by atoms with Gasteiger partial charge in [-0.2, -0.15) is 4.31 Å². The molecule has 0 fully saturated rings. The van der Waals surface area contributed by atoms with E-state index in [0.717, 1.165) is 12.0 Å². The molecule has 0 aliphatic carbocycles. The zero-order valence-corrected chi connectivity index (χ0v) is 18.2. The minimum absolute atomic E-state index is 0.114. The molecule has 0 bridgehead atoms. The minimum atomic E-state index is -3.46. The van der Waals surface area contributed by atoms with Gasteiger partial charge in [0.2, 0.25) is 15.9 Å². The summed E-state index contributed by atoms with van der Waals surface area (Å²) in [4.78, 5) is 12.6. The molecule has 1 amide bonds. The molecule has 2 aromatic rings. The normalized spacial score (nSPS) is 11.4. The van der Waals surface area contributed by atoms with Crippen LogP contribution in [0, 0.1) is 0 Å². The van der Waals surface area contributed by atoms with Crippen LogP contribution in [0.3, 0.4) is 0 Å². The number of carbonyl (C=O) groups is 1. The maximum Gasteiger partial charge on any atom is 0.243 e. The lowest BCUT2D eigenvalue weighted by Crippen LogP contribution is -2.30. The lowest BCUT2D eigenvalue weighted by Gasteiger charge is -2.18. The number of hydrogen-bond acceptors (Lipinski definition) is 4. The fourth-order valence-corrected chi connectivity index (χ4v) is 4.38. The zero-order chi connectivity index (χ0) is 21.3. The van der Waals surface area contributed by atoms with Gasteiger partial charge in [-0.15, -0.1) is 0 Å². The largest absolute Gasteiger partial charge is 0.491 e. The molecule has 1 N–H and O–H groups in total. The van der Waals surface area contributed by atoms with Crippen LogP contribution in [0.4, 0.5) is 5.69 Å². The molecule has 29 heavy (non-hydrogen) atoms. The Balaban J connectivity index is 1.96. The molecular weight excluding hydrogens is 388 g/mol. The first-order valence-electron chi connectivity index (χ1n) is 10.0. The van der Waals surface area contributed by atoms with Gasteiger partial charge in [0.25, 0.3) is 0 Å². The van der Waals surface area contributed by atoms with Crippen molar-refractivity contribution in [3.63, 3.8) is 0 Å². The van der Waals surface area contributed by atoms with Crippen molar-refractivity contribution in [2.24, 2.45) is 0 Å². The summed E-state index contributed by atoms with van der Waals surface area (Å²) in [5, 5.41) is 2.89. The molecular formula is C22H30N2O4S. The van der Waals surface area contributed by atoms with E-state index in [2.05, 4.69) is 5.32 Å². The van der Waals surface area contributed by atoms with Crippen LogP contribution in [-0.2, 0) is 21.2 Å². The molecule has 7 heteroatoms. The van der Waals surface area contributed by atoms with Crippen LogP contribution in [0.2, 0.25) is 0 Å². The van der Waals surface area contributed by atoms with Gasteiger partial charge in [-0.3, -0.25) is 4.79 Å². The number of hydrogen-bond donors (Lipinski definition) is 1. The van der Waals surface area contributed by atoms with Crippen molar-refractivity contribution in [2.45, 2.75) is 44.9 Å². The van der Waals surface area contributed by atoms with E-state index in [1.54, 1.807) is 24.3 Å². The van der Waals surface area contributed by atoms with Gasteiger partial charge >= 0.3 is 0 Å². The number of nitrogens with zero attached hydrogens (tertiary/aromatic N) is 1. The summed E-state index contributed by atoms with van der Waals surface area (Å²) in [6, 6.07) is 14.1. The predicted octanol–water partition coefficient (Wildman–Crippen LogP) is 4.08. The van der Waals surface area contributed by atoms with Crippen LogP contribution < -0.4 is 10.1 Å². The maximum absolute atomic E-state index is 12.5. The highest BCUT2D eigenvalue weighted by Gasteiger charge is 2.21. The summed E-state index contributed by atoms with van der Waals surface area (Å²) in [6.07, 6.45) is 1.71. The number of nitrogens with one attached hydrogen (secondary N) is 1. The second-order valence-electron chi connectivity index (χ2n) is 6.63. The molecule has 0 aliphatic heterocycles. The number of benzene rings is 2. The monoisotopic (exact) mass is 418 g/mol. The van der Waals surface area contributed by atoms with Gasteiger partial charge < -0.3 is 10.1 Å². The molecule has 0 unspecified atom stereocenters. The zero-order valence-electron chi connectivity index (χ0n) is 17.3. The number of carbonyl (C=O) groups excluding carboxylic acids is 1. The van der Waals surface area contributed by atoms with Gasteiger partial charge in [-0.1, -0.05) is 45.0 Å². The highest BCUT2D eigenvalue weighted by Crippen LogP contribution is 2.24. The van der Waals surface area contributed by atoms with Crippen molar-refractivity contribution in [2.75, 3.05) is 25.0 Å². The van der Waals surface area contributed by atoms with E-state index >= 15 is 0 Å². The van der Waals surface area contributed by atoms with Gasteiger partial charge in [-0.25, -0.2) is 8.42 Å². The first-order valence-corrected chi connectivity index (χ1v) is 11.5. The van der Waals surface area contributed by atoms with E-state index in [1.165, 1.54) is 4.31 Å². The average Bonchev–Trinajstić information content (AvgIpc) is 2.72. The fraction of sp³-hybridized carbons (Fsp3) is 0.409. The Morgan fingerprint density at radius 3 is 2.28 bits per heavy atom. The van der Waals surface area contributed by atoms with E-state index in [9.17, 15) is 13.2 Å². The quantitative estimate of drug-likeness (QED) is 0.597. The molecule has 158 valence electrons. The molecule has 0 radical (unpaired) electrons. The van der Waals surface area contributed by atoms with Gasteiger partial charge in [0.1, 0.15) is 5.75 Å². The molecule has 0 saturated carbocycles. The van der Waals surface area contributed by atoms with E-state index in [1.807, 2.05) is 45.0 Å². The number of sulfonamides is 1. The maximum atomic E-state index is 12.5. The number of rotatable bonds is 11. The van der Waals surface area contributed by atoms with Crippen LogP contribution in [0.15, 0.2) is 53.4 Å². The van der Waals surface area contributed by atoms with Crippen LogP contribution in [-0.4, -0.2) is 38.3 Å². The molecule has 2 aromatic carbocycles. The summed E-state index contributed by atoms with van der Waals surface area (Å²) < 4.78 is 32.1. The van der Waals surface area contributed by atoms with Crippen molar-refractivity contribution >= 4 is 21.6 Å². The van der Waals surface area contributed by atoms with Crippen LogP contribution in [0.1, 0.15) is 39.2 Å². The fourth-order valence-electron chi connectivity index (χ4n) is 2.92. The van der Waals surface area contributed by atoms with Crippen LogP contribution in [0.25, 0.3) is 0 Å². The molecule has 0 aliphatic rings. The van der Waals surface area contributed by atoms with E-state index in [4.69, 9.17) is 4.74 Å². The van der Waals surface area contributed by atoms with Crippen molar-refractivity contribution in [3.05, 3.63) is 54.1 Å². The van der Waals surface area contributed by atoms with Gasteiger partial charge in [0.05, 0.1) is 17.2 Å². The Hall–Kier alpha value is -2.38. The van der Waals surface area contributed by atoms with E-state index < -0.39 is 10.0 Å². The summed E-state index contributed by atoms with van der Waals surface area (Å²) in [7, 11) is -3.46. The average molecular weight is 419 g/mol. The van der Waals surface area contributed by atoms with Gasteiger partial charge in [0, 0.05) is 19.5 Å². The second-order valence-corrected chi connectivity index (χ2v) is 8.56. The van der Waals surface area contributed by atoms with Crippen LogP contribution in [0.5, 0.6) is 5.75 Å². The third-order valence-electron chi connectivity index (χ3n) is 4.53. The van der Waals surface area contributed by atoms with E-state index in [0.29, 0.717) is 44.0 Å². The Morgan fingerprint density at radius 1 is 1.00 bits per heavy atom. The Bertz CT molecular complexity index is 891. The third-order valence-corrected chi connectivity index (χ3v) is 6.59.